The van der Waals surface area contributed by atoms with Gasteiger partial charge in [-0.05, 0) is 51.7 Å². The van der Waals surface area contributed by atoms with Crippen molar-refractivity contribution >= 4 is 48.5 Å². The fourth-order valence-corrected chi connectivity index (χ4v) is 5.56. The Morgan fingerprint density at radius 3 is 2.61 bits per heavy atom. The number of ether oxygens (including phenoxy) is 2. The van der Waals surface area contributed by atoms with Gasteiger partial charge in [0, 0.05) is 19.6 Å². The molecule has 3 heterocycles. The summed E-state index contributed by atoms with van der Waals surface area (Å²) in [7, 11) is 1.69. The first-order valence-corrected chi connectivity index (χ1v) is 12.5. The number of halogens is 1. The van der Waals surface area contributed by atoms with Gasteiger partial charge >= 0.3 is 0 Å². The van der Waals surface area contributed by atoms with Crippen molar-refractivity contribution in [3.63, 3.8) is 0 Å². The van der Waals surface area contributed by atoms with E-state index in [0.29, 0.717) is 13.2 Å². The standard InChI is InChI=1S/C26H24BrN3O2S/c1-31-20-11-9-18(10-12-20)16-30-24(8-5-13-32-17-19-6-3-2-4-7-19)29-22-15-28-21-14-23(27)33-26(21)25(22)30/h2-4,6-7,9-12,14-15H,5,8,13,16-17H2,1H3. The fraction of sp³-hybridized carbons (Fsp3) is 0.231. The van der Waals surface area contributed by atoms with Crippen LogP contribution in [0.1, 0.15) is 23.4 Å². The summed E-state index contributed by atoms with van der Waals surface area (Å²) in [6.07, 6.45) is 3.63. The number of hydrogen-bond donors (Lipinski definition) is 0. The van der Waals surface area contributed by atoms with Gasteiger partial charge in [-0.25, -0.2) is 4.98 Å². The van der Waals surface area contributed by atoms with Crippen molar-refractivity contribution < 1.29 is 9.47 Å². The fourth-order valence-electron chi connectivity index (χ4n) is 3.97. The highest BCUT2D eigenvalue weighted by molar-refractivity contribution is 9.11. The summed E-state index contributed by atoms with van der Waals surface area (Å²) in [5.41, 5.74) is 5.48. The second-order valence-electron chi connectivity index (χ2n) is 7.86. The minimum absolute atomic E-state index is 0.636. The van der Waals surface area contributed by atoms with Crippen molar-refractivity contribution in [1.82, 2.24) is 14.5 Å². The Morgan fingerprint density at radius 2 is 1.82 bits per heavy atom. The molecule has 0 aliphatic carbocycles. The van der Waals surface area contributed by atoms with Crippen molar-refractivity contribution in [2.24, 2.45) is 0 Å². The third kappa shape index (κ3) is 4.95. The predicted octanol–water partition coefficient (Wildman–Crippen LogP) is 6.61. The van der Waals surface area contributed by atoms with Crippen LogP contribution in [0.25, 0.3) is 21.3 Å². The van der Waals surface area contributed by atoms with E-state index in [4.69, 9.17) is 14.5 Å². The molecule has 0 aliphatic heterocycles. The molecule has 0 saturated heterocycles. The second-order valence-corrected chi connectivity index (χ2v) is 10.3. The van der Waals surface area contributed by atoms with Crippen molar-refractivity contribution in [3.8, 4) is 5.75 Å². The zero-order valence-corrected chi connectivity index (χ0v) is 20.7. The first-order chi connectivity index (χ1) is 16.2. The average Bonchev–Trinajstić information content (AvgIpc) is 3.39. The van der Waals surface area contributed by atoms with E-state index in [1.807, 2.05) is 36.5 Å². The van der Waals surface area contributed by atoms with Crippen LogP contribution in [-0.2, 0) is 24.3 Å². The van der Waals surface area contributed by atoms with Crippen LogP contribution in [-0.4, -0.2) is 28.3 Å². The third-order valence-corrected chi connectivity index (χ3v) is 7.23. The monoisotopic (exact) mass is 521 g/mol. The number of aromatic nitrogens is 3. The molecular formula is C26H24BrN3O2S. The van der Waals surface area contributed by atoms with E-state index >= 15 is 0 Å². The molecule has 0 aliphatic rings. The van der Waals surface area contributed by atoms with Gasteiger partial charge in [-0.15, -0.1) is 11.3 Å². The summed E-state index contributed by atoms with van der Waals surface area (Å²) < 4.78 is 15.8. The van der Waals surface area contributed by atoms with Crippen LogP contribution in [0.15, 0.2) is 70.6 Å². The molecule has 5 rings (SSSR count). The normalized spacial score (nSPS) is 11.5. The number of methoxy groups -OCH3 is 1. The Morgan fingerprint density at radius 1 is 1.00 bits per heavy atom. The van der Waals surface area contributed by atoms with Crippen LogP contribution in [0, 0.1) is 0 Å². The van der Waals surface area contributed by atoms with E-state index < -0.39 is 0 Å². The zero-order chi connectivity index (χ0) is 22.6. The van der Waals surface area contributed by atoms with Gasteiger partial charge in [0.05, 0.1) is 39.4 Å². The number of hydrogen-bond acceptors (Lipinski definition) is 5. The second kappa shape index (κ2) is 10.0. The van der Waals surface area contributed by atoms with Crippen molar-refractivity contribution in [2.75, 3.05) is 13.7 Å². The van der Waals surface area contributed by atoms with Crippen LogP contribution in [0.4, 0.5) is 0 Å². The molecule has 0 N–H and O–H groups in total. The van der Waals surface area contributed by atoms with Gasteiger partial charge in [0.15, 0.2) is 0 Å². The predicted molar refractivity (Wildman–Crippen MR) is 137 cm³/mol. The van der Waals surface area contributed by atoms with Crippen LogP contribution >= 0.6 is 27.3 Å². The molecule has 0 amide bonds. The molecule has 2 aromatic carbocycles. The number of rotatable bonds is 9. The molecule has 5 nitrogen and oxygen atoms in total. The maximum absolute atomic E-state index is 5.91. The molecule has 0 atom stereocenters. The SMILES string of the molecule is COc1ccc(Cn2c(CCCOCc3ccccc3)nc3cnc4cc(Br)sc4c32)cc1. The Balaban J connectivity index is 1.40. The number of benzene rings is 2. The summed E-state index contributed by atoms with van der Waals surface area (Å²) in [6, 6.07) is 20.6. The molecule has 5 aromatic rings. The molecule has 0 unspecified atom stereocenters. The topological polar surface area (TPSA) is 49.2 Å². The van der Waals surface area contributed by atoms with Gasteiger partial charge < -0.3 is 14.0 Å². The summed E-state index contributed by atoms with van der Waals surface area (Å²) >= 11 is 5.33. The minimum Gasteiger partial charge on any atom is -0.497 e. The minimum atomic E-state index is 0.636. The van der Waals surface area contributed by atoms with E-state index in [0.717, 1.165) is 56.0 Å². The number of aryl methyl sites for hydroxylation is 1. The van der Waals surface area contributed by atoms with E-state index in [2.05, 4.69) is 55.8 Å². The third-order valence-electron chi connectivity index (χ3n) is 5.60. The maximum atomic E-state index is 5.91. The van der Waals surface area contributed by atoms with E-state index in [-0.39, 0.29) is 0 Å². The van der Waals surface area contributed by atoms with Gasteiger partial charge in [-0.1, -0.05) is 42.5 Å². The van der Waals surface area contributed by atoms with Crippen LogP contribution in [0.3, 0.4) is 0 Å². The summed E-state index contributed by atoms with van der Waals surface area (Å²) in [5.74, 6) is 1.92. The molecule has 0 radical (unpaired) electrons. The lowest BCUT2D eigenvalue weighted by Gasteiger charge is -2.11. The molecule has 3 aromatic heterocycles. The van der Waals surface area contributed by atoms with E-state index in [1.165, 1.54) is 11.1 Å². The lowest BCUT2D eigenvalue weighted by molar-refractivity contribution is 0.118. The molecule has 7 heteroatoms. The summed E-state index contributed by atoms with van der Waals surface area (Å²) in [5, 5.41) is 0. The maximum Gasteiger partial charge on any atom is 0.118 e. The number of thiophene rings is 1. The highest BCUT2D eigenvalue weighted by atomic mass is 79.9. The molecular weight excluding hydrogens is 498 g/mol. The largest absolute Gasteiger partial charge is 0.497 e. The molecule has 33 heavy (non-hydrogen) atoms. The smallest absolute Gasteiger partial charge is 0.118 e. The first-order valence-electron chi connectivity index (χ1n) is 10.9. The van der Waals surface area contributed by atoms with Crippen molar-refractivity contribution in [1.29, 1.82) is 0 Å². The van der Waals surface area contributed by atoms with Crippen molar-refractivity contribution in [2.45, 2.75) is 26.0 Å². The lowest BCUT2D eigenvalue weighted by atomic mass is 10.2. The van der Waals surface area contributed by atoms with Crippen LogP contribution in [0.2, 0.25) is 0 Å². The summed E-state index contributed by atoms with van der Waals surface area (Å²) in [4.78, 5) is 9.59. The van der Waals surface area contributed by atoms with Crippen LogP contribution < -0.4 is 4.74 Å². The van der Waals surface area contributed by atoms with E-state index in [9.17, 15) is 0 Å². The number of pyridine rings is 1. The van der Waals surface area contributed by atoms with Gasteiger partial charge in [-0.2, -0.15) is 0 Å². The molecule has 0 bridgehead atoms. The van der Waals surface area contributed by atoms with Gasteiger partial charge in [0.25, 0.3) is 0 Å². The molecule has 0 spiro atoms. The Labute approximate surface area is 205 Å². The Kier molecular flexibility index (Phi) is 6.71. The Bertz CT molecular complexity index is 1360. The van der Waals surface area contributed by atoms with Gasteiger partial charge in [-0.3, -0.25) is 4.98 Å². The highest BCUT2D eigenvalue weighted by Crippen LogP contribution is 2.35. The molecule has 0 saturated carbocycles. The van der Waals surface area contributed by atoms with Crippen molar-refractivity contribution in [3.05, 3.63) is 87.6 Å². The Hall–Kier alpha value is -2.74. The number of nitrogens with zero attached hydrogens (tertiary/aromatic N) is 3. The van der Waals surface area contributed by atoms with Gasteiger partial charge in [0.2, 0.25) is 0 Å². The molecule has 168 valence electrons. The van der Waals surface area contributed by atoms with E-state index in [1.54, 1.807) is 18.4 Å². The van der Waals surface area contributed by atoms with Crippen LogP contribution in [0.5, 0.6) is 5.75 Å². The molecule has 0 fully saturated rings. The average molecular weight is 522 g/mol. The highest BCUT2D eigenvalue weighted by Gasteiger charge is 2.16. The first kappa shape index (κ1) is 22.1. The van der Waals surface area contributed by atoms with Gasteiger partial charge in [0.1, 0.15) is 17.1 Å². The number of imidazole rings is 1. The zero-order valence-electron chi connectivity index (χ0n) is 18.3. The lowest BCUT2D eigenvalue weighted by Crippen LogP contribution is -2.07. The summed E-state index contributed by atoms with van der Waals surface area (Å²) in [6.45, 7) is 2.07. The quantitative estimate of drug-likeness (QED) is 0.204. The number of fused-ring (bicyclic) bond motifs is 3.